The van der Waals surface area contributed by atoms with Gasteiger partial charge in [-0.15, -0.1) is 0 Å². The van der Waals surface area contributed by atoms with E-state index in [9.17, 15) is 4.79 Å². The predicted octanol–water partition coefficient (Wildman–Crippen LogP) is 2.40. The first-order valence-corrected chi connectivity index (χ1v) is 7.12. The highest BCUT2D eigenvalue weighted by Crippen LogP contribution is 2.17. The Kier molecular flexibility index (Phi) is 4.65. The summed E-state index contributed by atoms with van der Waals surface area (Å²) in [5.41, 5.74) is 1.17. The fraction of sp³-hybridized carbons (Fsp3) is 0.562. The van der Waals surface area contributed by atoms with E-state index in [1.165, 1.54) is 5.56 Å². The van der Waals surface area contributed by atoms with Crippen molar-refractivity contribution in [2.45, 2.75) is 45.9 Å². The van der Waals surface area contributed by atoms with E-state index in [0.717, 1.165) is 5.75 Å². The number of morpholine rings is 1. The Hall–Kier alpha value is -1.55. The average Bonchev–Trinajstić information content (AvgIpc) is 2.43. The lowest BCUT2D eigenvalue weighted by Gasteiger charge is -2.38. The van der Waals surface area contributed by atoms with Crippen molar-refractivity contribution < 1.29 is 14.3 Å². The number of carbonyl (C=O) groups excluding carboxylic acids is 1. The fourth-order valence-electron chi connectivity index (χ4n) is 2.32. The Morgan fingerprint density at radius 1 is 1.35 bits per heavy atom. The average molecular weight is 277 g/mol. The highest BCUT2D eigenvalue weighted by atomic mass is 16.5. The molecule has 0 bridgehead atoms. The molecule has 1 aromatic carbocycles. The Labute approximate surface area is 120 Å². The number of aryl methyl sites for hydroxylation is 1. The number of carbonyl (C=O) groups is 1. The lowest BCUT2D eigenvalue weighted by molar-refractivity contribution is -0.149. The zero-order chi connectivity index (χ0) is 14.7. The van der Waals surface area contributed by atoms with Crippen molar-refractivity contribution >= 4 is 5.91 Å². The number of nitrogens with zero attached hydrogens (tertiary/aromatic N) is 1. The second kappa shape index (κ2) is 6.27. The summed E-state index contributed by atoms with van der Waals surface area (Å²) in [6.45, 7) is 9.02. The van der Waals surface area contributed by atoms with Crippen molar-refractivity contribution in [1.82, 2.24) is 4.90 Å². The van der Waals surface area contributed by atoms with E-state index in [2.05, 4.69) is 0 Å². The SMILES string of the molecule is Cc1ccc(OC(C)C(=O)N2CC(C)OCC2C)cc1. The molecule has 1 aliphatic heterocycles. The Morgan fingerprint density at radius 3 is 2.65 bits per heavy atom. The van der Waals surface area contributed by atoms with Crippen LogP contribution in [0.3, 0.4) is 0 Å². The van der Waals surface area contributed by atoms with Gasteiger partial charge in [0, 0.05) is 6.54 Å². The minimum atomic E-state index is -0.481. The van der Waals surface area contributed by atoms with E-state index < -0.39 is 6.10 Å². The molecule has 0 aliphatic carbocycles. The number of amides is 1. The molecule has 1 heterocycles. The highest BCUT2D eigenvalue weighted by Gasteiger charge is 2.31. The maximum absolute atomic E-state index is 12.5. The quantitative estimate of drug-likeness (QED) is 0.851. The third kappa shape index (κ3) is 3.51. The van der Waals surface area contributed by atoms with Gasteiger partial charge in [0.05, 0.1) is 18.8 Å². The van der Waals surface area contributed by atoms with Crippen LogP contribution in [0.15, 0.2) is 24.3 Å². The molecule has 3 unspecified atom stereocenters. The summed E-state index contributed by atoms with van der Waals surface area (Å²) in [4.78, 5) is 14.3. The molecular formula is C16H23NO3. The summed E-state index contributed by atoms with van der Waals surface area (Å²) in [5, 5.41) is 0. The summed E-state index contributed by atoms with van der Waals surface area (Å²) >= 11 is 0. The molecule has 2 rings (SSSR count). The predicted molar refractivity (Wildman–Crippen MR) is 77.9 cm³/mol. The van der Waals surface area contributed by atoms with Crippen molar-refractivity contribution in [3.63, 3.8) is 0 Å². The van der Waals surface area contributed by atoms with Crippen LogP contribution < -0.4 is 4.74 Å². The van der Waals surface area contributed by atoms with E-state index in [1.54, 1.807) is 6.92 Å². The monoisotopic (exact) mass is 277 g/mol. The number of rotatable bonds is 3. The molecule has 1 aliphatic rings. The van der Waals surface area contributed by atoms with Crippen molar-refractivity contribution in [2.24, 2.45) is 0 Å². The smallest absolute Gasteiger partial charge is 0.263 e. The molecular weight excluding hydrogens is 254 g/mol. The van der Waals surface area contributed by atoms with E-state index in [1.807, 2.05) is 49.9 Å². The van der Waals surface area contributed by atoms with Crippen LogP contribution in [0, 0.1) is 6.92 Å². The maximum Gasteiger partial charge on any atom is 0.263 e. The maximum atomic E-state index is 12.5. The Bertz CT molecular complexity index is 457. The normalized spacial score (nSPS) is 24.3. The summed E-state index contributed by atoms with van der Waals surface area (Å²) in [5.74, 6) is 0.749. The summed E-state index contributed by atoms with van der Waals surface area (Å²) < 4.78 is 11.3. The standard InChI is InChI=1S/C16H23NO3/c1-11-5-7-15(8-6-11)20-14(4)16(18)17-9-13(3)19-10-12(17)2/h5-8,12-14H,9-10H2,1-4H3. The third-order valence-corrected chi connectivity index (χ3v) is 3.57. The van der Waals surface area contributed by atoms with Gasteiger partial charge in [-0.05, 0) is 39.8 Å². The summed E-state index contributed by atoms with van der Waals surface area (Å²) in [7, 11) is 0. The van der Waals surface area contributed by atoms with Gasteiger partial charge in [-0.2, -0.15) is 0 Å². The summed E-state index contributed by atoms with van der Waals surface area (Å²) in [6.07, 6.45) is -0.396. The second-order valence-electron chi connectivity index (χ2n) is 5.56. The van der Waals surface area contributed by atoms with Crippen LogP contribution in [-0.2, 0) is 9.53 Å². The first-order valence-electron chi connectivity index (χ1n) is 7.12. The van der Waals surface area contributed by atoms with Gasteiger partial charge in [-0.25, -0.2) is 0 Å². The minimum Gasteiger partial charge on any atom is -0.481 e. The molecule has 0 aromatic heterocycles. The number of benzene rings is 1. The molecule has 1 fully saturated rings. The molecule has 0 spiro atoms. The molecule has 0 N–H and O–H groups in total. The number of ether oxygens (including phenoxy) is 2. The van der Waals surface area contributed by atoms with Crippen LogP contribution in [0.1, 0.15) is 26.3 Å². The molecule has 0 radical (unpaired) electrons. The number of hydrogen-bond donors (Lipinski definition) is 0. The first-order chi connectivity index (χ1) is 9.47. The van der Waals surface area contributed by atoms with Crippen molar-refractivity contribution in [2.75, 3.05) is 13.2 Å². The van der Waals surface area contributed by atoms with Gasteiger partial charge in [-0.3, -0.25) is 4.79 Å². The third-order valence-electron chi connectivity index (χ3n) is 3.57. The summed E-state index contributed by atoms with van der Waals surface area (Å²) in [6, 6.07) is 7.84. The van der Waals surface area contributed by atoms with Gasteiger partial charge < -0.3 is 14.4 Å². The molecule has 1 amide bonds. The highest BCUT2D eigenvalue weighted by molar-refractivity contribution is 5.81. The van der Waals surface area contributed by atoms with Gasteiger partial charge in [0.25, 0.3) is 5.91 Å². The van der Waals surface area contributed by atoms with Crippen molar-refractivity contribution in [3.8, 4) is 5.75 Å². The molecule has 1 saturated heterocycles. The van der Waals surface area contributed by atoms with E-state index >= 15 is 0 Å². The van der Waals surface area contributed by atoms with Gasteiger partial charge in [-0.1, -0.05) is 17.7 Å². The lowest BCUT2D eigenvalue weighted by Crippen LogP contribution is -2.53. The molecule has 20 heavy (non-hydrogen) atoms. The lowest BCUT2D eigenvalue weighted by atomic mass is 10.2. The van der Waals surface area contributed by atoms with E-state index in [0.29, 0.717) is 13.2 Å². The topological polar surface area (TPSA) is 38.8 Å². The van der Waals surface area contributed by atoms with E-state index in [4.69, 9.17) is 9.47 Å². The molecule has 4 nitrogen and oxygen atoms in total. The van der Waals surface area contributed by atoms with Crippen molar-refractivity contribution in [3.05, 3.63) is 29.8 Å². The Morgan fingerprint density at radius 2 is 2.00 bits per heavy atom. The molecule has 0 saturated carbocycles. The molecule has 3 atom stereocenters. The van der Waals surface area contributed by atoms with Gasteiger partial charge in [0.15, 0.2) is 6.10 Å². The first kappa shape index (κ1) is 14.9. The van der Waals surface area contributed by atoms with Crippen LogP contribution in [-0.4, -0.2) is 42.2 Å². The molecule has 1 aromatic rings. The zero-order valence-electron chi connectivity index (χ0n) is 12.6. The van der Waals surface area contributed by atoms with Gasteiger partial charge in [0.1, 0.15) is 5.75 Å². The van der Waals surface area contributed by atoms with Crippen molar-refractivity contribution in [1.29, 1.82) is 0 Å². The van der Waals surface area contributed by atoms with Crippen LogP contribution in [0.2, 0.25) is 0 Å². The molecule has 4 heteroatoms. The van der Waals surface area contributed by atoms with E-state index in [-0.39, 0.29) is 18.1 Å². The van der Waals surface area contributed by atoms with Crippen LogP contribution in [0.25, 0.3) is 0 Å². The Balaban J connectivity index is 1.99. The number of hydrogen-bond acceptors (Lipinski definition) is 3. The molecule has 110 valence electrons. The minimum absolute atomic E-state index is 0.0215. The fourth-order valence-corrected chi connectivity index (χ4v) is 2.32. The second-order valence-corrected chi connectivity index (χ2v) is 5.56. The van der Waals surface area contributed by atoms with Crippen LogP contribution in [0.4, 0.5) is 0 Å². The zero-order valence-corrected chi connectivity index (χ0v) is 12.6. The van der Waals surface area contributed by atoms with Crippen LogP contribution >= 0.6 is 0 Å². The van der Waals surface area contributed by atoms with Gasteiger partial charge in [0.2, 0.25) is 0 Å². The largest absolute Gasteiger partial charge is 0.481 e. The van der Waals surface area contributed by atoms with Crippen LogP contribution in [0.5, 0.6) is 5.75 Å². The van der Waals surface area contributed by atoms with Gasteiger partial charge >= 0.3 is 0 Å².